The summed E-state index contributed by atoms with van der Waals surface area (Å²) in [4.78, 5) is 17.7. The van der Waals surface area contributed by atoms with Gasteiger partial charge in [-0.25, -0.2) is 4.57 Å². The molecule has 0 radical (unpaired) electrons. The summed E-state index contributed by atoms with van der Waals surface area (Å²) in [6.07, 6.45) is 1.94. The average Bonchev–Trinajstić information content (AvgIpc) is 2.63. The SMILES string of the molecule is CCN1C(=O)CS/C1=N\c1cccc[n+]1C. The largest absolute Gasteiger partial charge is 0.326 e. The fraction of sp³-hybridized carbons (Fsp3) is 0.364. The van der Waals surface area contributed by atoms with E-state index in [9.17, 15) is 4.79 Å². The van der Waals surface area contributed by atoms with Crippen molar-refractivity contribution in [2.75, 3.05) is 12.3 Å². The Hall–Kier alpha value is -1.36. The van der Waals surface area contributed by atoms with Crippen LogP contribution in [-0.4, -0.2) is 28.3 Å². The van der Waals surface area contributed by atoms with Gasteiger partial charge in [0.15, 0.2) is 0 Å². The first-order chi connectivity index (χ1) is 7.72. The molecule has 1 aromatic rings. The second kappa shape index (κ2) is 4.65. The molecule has 1 aliphatic rings. The van der Waals surface area contributed by atoms with E-state index in [2.05, 4.69) is 4.99 Å². The van der Waals surface area contributed by atoms with Gasteiger partial charge in [0.2, 0.25) is 5.91 Å². The summed E-state index contributed by atoms with van der Waals surface area (Å²) < 4.78 is 1.93. The summed E-state index contributed by atoms with van der Waals surface area (Å²) in [5, 5.41) is 0.800. The number of carbonyl (C=O) groups excluding carboxylic acids is 1. The van der Waals surface area contributed by atoms with Crippen LogP contribution in [0.1, 0.15) is 6.92 Å². The number of thioether (sulfide) groups is 1. The van der Waals surface area contributed by atoms with Crippen LogP contribution in [0.15, 0.2) is 29.4 Å². The molecule has 2 rings (SSSR count). The third kappa shape index (κ3) is 2.09. The monoisotopic (exact) mass is 236 g/mol. The number of aryl methyl sites for hydroxylation is 1. The zero-order valence-electron chi connectivity index (χ0n) is 9.38. The maximum Gasteiger partial charge on any atom is 0.326 e. The molecule has 0 bridgehead atoms. The Labute approximate surface area is 99.0 Å². The summed E-state index contributed by atoms with van der Waals surface area (Å²) in [5.74, 6) is 1.51. The fourth-order valence-corrected chi connectivity index (χ4v) is 2.47. The van der Waals surface area contributed by atoms with Gasteiger partial charge in [-0.15, -0.1) is 0 Å². The molecule has 5 heteroatoms. The molecule has 0 spiro atoms. The summed E-state index contributed by atoms with van der Waals surface area (Å²) >= 11 is 1.50. The third-order valence-electron chi connectivity index (χ3n) is 2.41. The van der Waals surface area contributed by atoms with Crippen LogP contribution in [-0.2, 0) is 11.8 Å². The van der Waals surface area contributed by atoms with Crippen LogP contribution in [0.3, 0.4) is 0 Å². The quantitative estimate of drug-likeness (QED) is 0.721. The van der Waals surface area contributed by atoms with Crippen molar-refractivity contribution in [1.29, 1.82) is 0 Å². The van der Waals surface area contributed by atoms with E-state index in [0.29, 0.717) is 12.3 Å². The molecule has 1 amide bonds. The molecule has 0 unspecified atom stereocenters. The molecule has 0 saturated carbocycles. The van der Waals surface area contributed by atoms with Crippen LogP contribution in [0.25, 0.3) is 0 Å². The number of rotatable bonds is 2. The molecule has 4 nitrogen and oxygen atoms in total. The number of amidine groups is 1. The molecular formula is C11H14N3OS+. The van der Waals surface area contributed by atoms with Gasteiger partial charge in [-0.2, -0.15) is 0 Å². The van der Waals surface area contributed by atoms with E-state index in [1.807, 2.05) is 42.9 Å². The van der Waals surface area contributed by atoms with Gasteiger partial charge in [-0.3, -0.25) is 9.69 Å². The number of pyridine rings is 1. The zero-order chi connectivity index (χ0) is 11.5. The number of aromatic nitrogens is 1. The fourth-order valence-electron chi connectivity index (χ4n) is 1.52. The van der Waals surface area contributed by atoms with E-state index in [1.54, 1.807) is 4.90 Å². The summed E-state index contributed by atoms with van der Waals surface area (Å²) in [5.41, 5.74) is 0. The Morgan fingerprint density at radius 2 is 2.38 bits per heavy atom. The number of amides is 1. The molecule has 0 aliphatic carbocycles. The second-order valence-electron chi connectivity index (χ2n) is 3.49. The van der Waals surface area contributed by atoms with Crippen LogP contribution >= 0.6 is 11.8 Å². The predicted octanol–water partition coefficient (Wildman–Crippen LogP) is 1.09. The minimum absolute atomic E-state index is 0.143. The third-order valence-corrected chi connectivity index (χ3v) is 3.37. The summed E-state index contributed by atoms with van der Waals surface area (Å²) in [6, 6.07) is 5.83. The van der Waals surface area contributed by atoms with Crippen molar-refractivity contribution in [3.05, 3.63) is 24.4 Å². The number of hydrogen-bond acceptors (Lipinski definition) is 3. The molecule has 16 heavy (non-hydrogen) atoms. The Morgan fingerprint density at radius 1 is 1.56 bits per heavy atom. The van der Waals surface area contributed by atoms with E-state index < -0.39 is 0 Å². The molecule has 1 saturated heterocycles. The highest BCUT2D eigenvalue weighted by molar-refractivity contribution is 8.15. The van der Waals surface area contributed by atoms with Gasteiger partial charge in [0.25, 0.3) is 5.17 Å². The predicted molar refractivity (Wildman–Crippen MR) is 64.6 cm³/mol. The van der Waals surface area contributed by atoms with Gasteiger partial charge in [-0.1, -0.05) is 6.07 Å². The lowest BCUT2D eigenvalue weighted by molar-refractivity contribution is -0.658. The first-order valence-electron chi connectivity index (χ1n) is 5.19. The molecular weight excluding hydrogens is 222 g/mol. The summed E-state index contributed by atoms with van der Waals surface area (Å²) in [6.45, 7) is 2.64. The van der Waals surface area contributed by atoms with Crippen molar-refractivity contribution in [1.82, 2.24) is 4.90 Å². The standard InChI is InChI=1S/C11H14N3OS/c1-3-14-10(15)8-16-11(14)12-9-6-4-5-7-13(9)2/h4-7H,3,8H2,1-2H3/q+1. The Balaban J connectivity index is 2.31. The first kappa shape index (κ1) is 11.1. The topological polar surface area (TPSA) is 36.6 Å². The Morgan fingerprint density at radius 3 is 3.06 bits per heavy atom. The van der Waals surface area contributed by atoms with Gasteiger partial charge in [0.05, 0.1) is 19.0 Å². The van der Waals surface area contributed by atoms with Crippen LogP contribution in [0.2, 0.25) is 0 Å². The van der Waals surface area contributed by atoms with Gasteiger partial charge >= 0.3 is 5.82 Å². The van der Waals surface area contributed by atoms with E-state index in [0.717, 1.165) is 11.0 Å². The lowest BCUT2D eigenvalue weighted by atomic mass is 10.4. The Bertz CT molecular complexity index is 445. The maximum atomic E-state index is 11.5. The van der Waals surface area contributed by atoms with Crippen LogP contribution in [0.5, 0.6) is 0 Å². The normalized spacial score (nSPS) is 18.5. The van der Waals surface area contributed by atoms with E-state index in [4.69, 9.17) is 0 Å². The van der Waals surface area contributed by atoms with Gasteiger partial charge < -0.3 is 0 Å². The van der Waals surface area contributed by atoms with Gasteiger partial charge in [0.1, 0.15) is 0 Å². The lowest BCUT2D eigenvalue weighted by Gasteiger charge is -2.08. The smallest absolute Gasteiger partial charge is 0.273 e. The highest BCUT2D eigenvalue weighted by atomic mass is 32.2. The second-order valence-corrected chi connectivity index (χ2v) is 4.43. The van der Waals surface area contributed by atoms with Crippen molar-refractivity contribution in [2.45, 2.75) is 6.92 Å². The van der Waals surface area contributed by atoms with Crippen LogP contribution in [0.4, 0.5) is 5.82 Å². The zero-order valence-corrected chi connectivity index (χ0v) is 10.2. The van der Waals surface area contributed by atoms with Gasteiger partial charge in [-0.05, 0) is 29.7 Å². The van der Waals surface area contributed by atoms with E-state index in [1.165, 1.54) is 11.8 Å². The molecule has 84 valence electrons. The minimum atomic E-state index is 0.143. The van der Waals surface area contributed by atoms with Crippen molar-refractivity contribution in [3.8, 4) is 0 Å². The van der Waals surface area contributed by atoms with Crippen LogP contribution < -0.4 is 4.57 Å². The highest BCUT2D eigenvalue weighted by Gasteiger charge is 2.31. The molecule has 0 N–H and O–H groups in total. The molecule has 1 aliphatic heterocycles. The molecule has 0 atom stereocenters. The van der Waals surface area contributed by atoms with Crippen molar-refractivity contribution < 1.29 is 9.36 Å². The van der Waals surface area contributed by atoms with Crippen molar-refractivity contribution in [3.63, 3.8) is 0 Å². The summed E-state index contributed by atoms with van der Waals surface area (Å²) in [7, 11) is 1.94. The molecule has 1 aromatic heterocycles. The average molecular weight is 236 g/mol. The van der Waals surface area contributed by atoms with Crippen molar-refractivity contribution in [2.24, 2.45) is 12.0 Å². The number of aliphatic imine (C=N–C) groups is 1. The Kier molecular flexibility index (Phi) is 3.24. The first-order valence-corrected chi connectivity index (χ1v) is 6.17. The highest BCUT2D eigenvalue weighted by Crippen LogP contribution is 2.21. The number of hydrogen-bond donors (Lipinski definition) is 0. The molecule has 1 fully saturated rings. The maximum absolute atomic E-state index is 11.5. The van der Waals surface area contributed by atoms with Gasteiger partial charge in [0, 0.05) is 12.6 Å². The van der Waals surface area contributed by atoms with Crippen LogP contribution in [0, 0.1) is 0 Å². The molecule has 0 aromatic carbocycles. The lowest BCUT2D eigenvalue weighted by Crippen LogP contribution is -2.31. The number of nitrogens with zero attached hydrogens (tertiary/aromatic N) is 3. The minimum Gasteiger partial charge on any atom is -0.273 e. The van der Waals surface area contributed by atoms with E-state index >= 15 is 0 Å². The number of carbonyl (C=O) groups is 1. The van der Waals surface area contributed by atoms with Crippen molar-refractivity contribution >= 4 is 28.7 Å². The molecule has 2 heterocycles. The van der Waals surface area contributed by atoms with E-state index in [-0.39, 0.29) is 5.91 Å².